The van der Waals surface area contributed by atoms with Gasteiger partial charge in [0.1, 0.15) is 17.3 Å². The summed E-state index contributed by atoms with van der Waals surface area (Å²) in [5.74, 6) is -0.465. The molecule has 0 bridgehead atoms. The number of aryl methyl sites for hydroxylation is 1. The number of carbonyl (C=O) groups excluding carboxylic acids is 2. The van der Waals surface area contributed by atoms with Crippen molar-refractivity contribution in [3.05, 3.63) is 89.0 Å². The van der Waals surface area contributed by atoms with Gasteiger partial charge in [-0.15, -0.1) is 0 Å². The fourth-order valence-corrected chi connectivity index (χ4v) is 5.50. The molecule has 1 amide bonds. The number of aromatic nitrogens is 1. The van der Waals surface area contributed by atoms with Crippen LogP contribution in [0.25, 0.3) is 16.0 Å². The number of Topliss-reactive ketones (excluding diaryl/α,β-unsaturated/α-hetero) is 1. The van der Waals surface area contributed by atoms with Crippen molar-refractivity contribution in [3.63, 3.8) is 0 Å². The van der Waals surface area contributed by atoms with Crippen LogP contribution in [0.2, 0.25) is 0 Å². The summed E-state index contributed by atoms with van der Waals surface area (Å²) in [6, 6.07) is 19.0. The summed E-state index contributed by atoms with van der Waals surface area (Å²) in [5, 5.41) is 11.7. The number of methoxy groups -OCH3 is 1. The van der Waals surface area contributed by atoms with E-state index in [0.29, 0.717) is 34.4 Å². The Labute approximate surface area is 218 Å². The molecular formula is C29H26N2O5S. The second-order valence-electron chi connectivity index (χ2n) is 8.55. The van der Waals surface area contributed by atoms with Crippen LogP contribution in [0.5, 0.6) is 11.5 Å². The summed E-state index contributed by atoms with van der Waals surface area (Å²) < 4.78 is 11.7. The van der Waals surface area contributed by atoms with E-state index in [4.69, 9.17) is 14.5 Å². The fourth-order valence-electron chi connectivity index (χ4n) is 4.44. The van der Waals surface area contributed by atoms with Crippen LogP contribution in [-0.4, -0.2) is 35.5 Å². The highest BCUT2D eigenvalue weighted by molar-refractivity contribution is 7.22. The summed E-state index contributed by atoms with van der Waals surface area (Å²) in [6.07, 6.45) is 0.877. The topological polar surface area (TPSA) is 89.0 Å². The first kappa shape index (κ1) is 24.5. The number of fused-ring (bicyclic) bond motifs is 1. The molecule has 1 N–H and O–H groups in total. The largest absolute Gasteiger partial charge is 0.507 e. The van der Waals surface area contributed by atoms with Gasteiger partial charge in [-0.1, -0.05) is 36.5 Å². The lowest BCUT2D eigenvalue weighted by Gasteiger charge is -2.23. The van der Waals surface area contributed by atoms with Gasteiger partial charge >= 0.3 is 5.91 Å². The molecule has 188 valence electrons. The van der Waals surface area contributed by atoms with E-state index in [9.17, 15) is 14.7 Å². The van der Waals surface area contributed by atoms with Crippen molar-refractivity contribution in [2.45, 2.75) is 26.3 Å². The third-order valence-corrected chi connectivity index (χ3v) is 7.39. The van der Waals surface area contributed by atoms with Crippen molar-refractivity contribution in [1.82, 2.24) is 4.98 Å². The minimum atomic E-state index is -0.857. The monoisotopic (exact) mass is 514 g/mol. The molecule has 0 saturated carbocycles. The van der Waals surface area contributed by atoms with Crippen molar-refractivity contribution < 1.29 is 24.2 Å². The quantitative estimate of drug-likeness (QED) is 0.188. The molecule has 37 heavy (non-hydrogen) atoms. The Morgan fingerprint density at radius 1 is 1.00 bits per heavy atom. The van der Waals surface area contributed by atoms with Crippen LogP contribution in [0.3, 0.4) is 0 Å². The van der Waals surface area contributed by atoms with E-state index in [1.54, 1.807) is 55.6 Å². The molecule has 0 spiro atoms. The highest BCUT2D eigenvalue weighted by atomic mass is 32.1. The van der Waals surface area contributed by atoms with E-state index in [1.807, 2.05) is 19.1 Å². The molecule has 0 aliphatic carbocycles. The number of aliphatic hydroxyl groups excluding tert-OH is 1. The first-order chi connectivity index (χ1) is 17.9. The number of ether oxygens (including phenoxy) is 2. The maximum absolute atomic E-state index is 13.5. The Kier molecular flexibility index (Phi) is 6.67. The third kappa shape index (κ3) is 4.44. The van der Waals surface area contributed by atoms with E-state index in [0.717, 1.165) is 22.2 Å². The molecule has 3 aromatic carbocycles. The molecule has 1 fully saturated rings. The molecule has 5 rings (SSSR count). The summed E-state index contributed by atoms with van der Waals surface area (Å²) in [7, 11) is 1.55. The molecule has 1 aliphatic heterocycles. The lowest BCUT2D eigenvalue weighted by molar-refractivity contribution is -0.132. The highest BCUT2D eigenvalue weighted by Gasteiger charge is 2.48. The number of amides is 1. The number of rotatable bonds is 7. The van der Waals surface area contributed by atoms with Gasteiger partial charge < -0.3 is 14.6 Å². The number of carbonyl (C=O) groups is 2. The molecule has 7 nitrogen and oxygen atoms in total. The molecule has 8 heteroatoms. The van der Waals surface area contributed by atoms with Gasteiger partial charge in [0.25, 0.3) is 5.78 Å². The Hall–Kier alpha value is -4.17. The predicted molar refractivity (Wildman–Crippen MR) is 144 cm³/mol. The Bertz CT molecular complexity index is 1510. The predicted octanol–water partition coefficient (Wildman–Crippen LogP) is 5.89. The number of anilines is 1. The van der Waals surface area contributed by atoms with Gasteiger partial charge in [0.05, 0.1) is 35.5 Å². The zero-order chi connectivity index (χ0) is 26.1. The summed E-state index contributed by atoms with van der Waals surface area (Å²) in [5.41, 5.74) is 2.98. The average Bonchev–Trinajstić information content (AvgIpc) is 3.46. The van der Waals surface area contributed by atoms with Crippen molar-refractivity contribution in [1.29, 1.82) is 0 Å². The average molecular weight is 515 g/mol. The minimum absolute atomic E-state index is 0.00725. The summed E-state index contributed by atoms with van der Waals surface area (Å²) >= 11 is 1.35. The lowest BCUT2D eigenvalue weighted by Crippen LogP contribution is -2.29. The van der Waals surface area contributed by atoms with Crippen LogP contribution < -0.4 is 14.4 Å². The lowest BCUT2D eigenvalue weighted by atomic mass is 9.95. The van der Waals surface area contributed by atoms with Gasteiger partial charge in [0.2, 0.25) is 0 Å². The third-order valence-electron chi connectivity index (χ3n) is 6.37. The van der Waals surface area contributed by atoms with Crippen LogP contribution in [-0.2, 0) is 16.0 Å². The van der Waals surface area contributed by atoms with Crippen LogP contribution in [0.15, 0.2) is 72.3 Å². The smallest absolute Gasteiger partial charge is 0.301 e. The first-order valence-electron chi connectivity index (χ1n) is 12.0. The molecule has 1 saturated heterocycles. The van der Waals surface area contributed by atoms with Gasteiger partial charge in [-0.3, -0.25) is 14.5 Å². The second-order valence-corrected chi connectivity index (χ2v) is 9.56. The molecule has 1 aliphatic rings. The highest BCUT2D eigenvalue weighted by Crippen LogP contribution is 2.44. The number of thiazole rings is 1. The van der Waals surface area contributed by atoms with Crippen molar-refractivity contribution >= 4 is 44.1 Å². The number of ketones is 1. The van der Waals surface area contributed by atoms with E-state index in [-0.39, 0.29) is 11.3 Å². The molecule has 4 aromatic rings. The standard InChI is InChI=1S/C29H26N2O5S/c1-4-17-6-15-22-23(16-17)37-29(30-22)31-25(18-7-13-21(14-8-18)36-5-2)24(27(33)28(31)34)26(32)19-9-11-20(35-3)12-10-19/h6-16,25,32H,4-5H2,1-3H3. The molecule has 1 atom stereocenters. The SMILES string of the molecule is CCOc1ccc(C2C(=C(O)c3ccc(OC)cc3)C(=O)C(=O)N2c2nc3ccc(CC)cc3s2)cc1. The van der Waals surface area contributed by atoms with E-state index in [2.05, 4.69) is 13.0 Å². The van der Waals surface area contributed by atoms with Gasteiger partial charge in [0.15, 0.2) is 5.13 Å². The summed E-state index contributed by atoms with van der Waals surface area (Å²) in [6.45, 7) is 4.49. The van der Waals surface area contributed by atoms with Gasteiger partial charge in [-0.2, -0.15) is 0 Å². The van der Waals surface area contributed by atoms with Crippen molar-refractivity contribution in [2.24, 2.45) is 0 Å². The molecule has 1 unspecified atom stereocenters. The number of hydrogen-bond acceptors (Lipinski definition) is 7. The fraction of sp³-hybridized carbons (Fsp3) is 0.207. The Morgan fingerprint density at radius 3 is 2.35 bits per heavy atom. The number of aliphatic hydroxyl groups is 1. The zero-order valence-corrected chi connectivity index (χ0v) is 21.5. The maximum Gasteiger partial charge on any atom is 0.301 e. The van der Waals surface area contributed by atoms with E-state index < -0.39 is 17.7 Å². The van der Waals surface area contributed by atoms with E-state index in [1.165, 1.54) is 16.2 Å². The summed E-state index contributed by atoms with van der Waals surface area (Å²) in [4.78, 5) is 33.0. The second kappa shape index (κ2) is 10.1. The normalized spacial score (nSPS) is 16.9. The van der Waals surface area contributed by atoms with Gasteiger partial charge in [-0.25, -0.2) is 4.98 Å². The molecule has 1 aromatic heterocycles. The Morgan fingerprint density at radius 2 is 1.70 bits per heavy atom. The molecular weight excluding hydrogens is 488 g/mol. The van der Waals surface area contributed by atoms with Crippen molar-refractivity contribution in [3.8, 4) is 11.5 Å². The maximum atomic E-state index is 13.5. The number of benzene rings is 3. The number of nitrogens with zero attached hydrogens (tertiary/aromatic N) is 2. The zero-order valence-electron chi connectivity index (χ0n) is 20.7. The van der Waals surface area contributed by atoms with Gasteiger partial charge in [-0.05, 0) is 73.0 Å². The van der Waals surface area contributed by atoms with Gasteiger partial charge in [0, 0.05) is 5.56 Å². The van der Waals surface area contributed by atoms with Crippen LogP contribution in [0.4, 0.5) is 5.13 Å². The first-order valence-corrected chi connectivity index (χ1v) is 12.8. The van der Waals surface area contributed by atoms with Crippen LogP contribution >= 0.6 is 11.3 Å². The molecule has 2 heterocycles. The van der Waals surface area contributed by atoms with Crippen LogP contribution in [0.1, 0.15) is 36.6 Å². The minimum Gasteiger partial charge on any atom is -0.507 e. The molecule has 0 radical (unpaired) electrons. The Balaban J connectivity index is 1.67. The van der Waals surface area contributed by atoms with Crippen molar-refractivity contribution in [2.75, 3.05) is 18.6 Å². The van der Waals surface area contributed by atoms with E-state index >= 15 is 0 Å². The number of hydrogen-bond donors (Lipinski definition) is 1. The van der Waals surface area contributed by atoms with Crippen LogP contribution in [0, 0.1) is 0 Å².